The highest BCUT2D eigenvalue weighted by Crippen LogP contribution is 2.10. The number of carbonyl (C=O) groups excluding carboxylic acids is 3. The first kappa shape index (κ1) is 26.1. The number of amides is 3. The second kappa shape index (κ2) is 13.3. The zero-order valence-electron chi connectivity index (χ0n) is 17.1. The number of guanidine groups is 1. The van der Waals surface area contributed by atoms with Gasteiger partial charge in [0.25, 0.3) is 0 Å². The molecule has 4 atom stereocenters. The molecule has 0 fully saturated rings. The lowest BCUT2D eigenvalue weighted by Crippen LogP contribution is -2.57. The van der Waals surface area contributed by atoms with Gasteiger partial charge < -0.3 is 38.3 Å². The van der Waals surface area contributed by atoms with Crippen LogP contribution in [0.15, 0.2) is 4.99 Å². The van der Waals surface area contributed by atoms with E-state index in [9.17, 15) is 24.3 Å². The Labute approximate surface area is 170 Å². The van der Waals surface area contributed by atoms with Crippen LogP contribution < -0.4 is 33.2 Å². The molecule has 4 unspecified atom stereocenters. The summed E-state index contributed by atoms with van der Waals surface area (Å²) in [5, 5.41) is 16.8. The molecule has 10 N–H and O–H groups in total. The van der Waals surface area contributed by atoms with E-state index in [0.29, 0.717) is 12.8 Å². The molecule has 166 valence electrons. The lowest BCUT2D eigenvalue weighted by Gasteiger charge is -2.26. The summed E-state index contributed by atoms with van der Waals surface area (Å²) >= 11 is 0. The van der Waals surface area contributed by atoms with E-state index in [1.165, 1.54) is 6.92 Å². The average molecular weight is 415 g/mol. The summed E-state index contributed by atoms with van der Waals surface area (Å²) in [7, 11) is 0. The van der Waals surface area contributed by atoms with Crippen LogP contribution in [0.5, 0.6) is 0 Å². The third kappa shape index (κ3) is 10.3. The second-order valence-corrected chi connectivity index (χ2v) is 6.71. The summed E-state index contributed by atoms with van der Waals surface area (Å²) in [6.07, 6.45) is 1.02. The molecule has 29 heavy (non-hydrogen) atoms. The van der Waals surface area contributed by atoms with Gasteiger partial charge in [-0.3, -0.25) is 19.4 Å². The Bertz CT molecular complexity index is 607. The van der Waals surface area contributed by atoms with Gasteiger partial charge in [0.2, 0.25) is 17.7 Å². The number of aliphatic carboxylic acids is 1. The maximum atomic E-state index is 12.7. The number of hydrogen-bond acceptors (Lipinski definition) is 6. The molecule has 0 aromatic heterocycles. The molecule has 12 nitrogen and oxygen atoms in total. The zero-order chi connectivity index (χ0) is 22.6. The van der Waals surface area contributed by atoms with Crippen molar-refractivity contribution in [2.45, 2.75) is 58.2 Å². The molecular weight excluding hydrogens is 382 g/mol. The number of carboxylic acids is 1. The topological polar surface area (TPSA) is 215 Å². The number of nitrogens with one attached hydrogen (secondary N) is 3. The van der Waals surface area contributed by atoms with Gasteiger partial charge in [0.05, 0.1) is 6.54 Å². The highest BCUT2D eigenvalue weighted by molar-refractivity contribution is 5.93. The van der Waals surface area contributed by atoms with E-state index in [1.54, 1.807) is 6.92 Å². The minimum Gasteiger partial charge on any atom is -0.480 e. The summed E-state index contributed by atoms with van der Waals surface area (Å²) < 4.78 is 0. The lowest BCUT2D eigenvalue weighted by molar-refractivity contribution is -0.142. The van der Waals surface area contributed by atoms with Crippen molar-refractivity contribution in [1.82, 2.24) is 16.0 Å². The monoisotopic (exact) mass is 415 g/mol. The fourth-order valence-corrected chi connectivity index (χ4v) is 2.37. The third-order valence-corrected chi connectivity index (χ3v) is 4.31. The number of carboxylic acid groups (broad SMARTS) is 1. The molecule has 3 amide bonds. The van der Waals surface area contributed by atoms with Gasteiger partial charge in [0.1, 0.15) is 18.1 Å². The Morgan fingerprint density at radius 1 is 1.03 bits per heavy atom. The van der Waals surface area contributed by atoms with Crippen LogP contribution >= 0.6 is 0 Å². The molecule has 0 aromatic rings. The maximum absolute atomic E-state index is 12.7. The van der Waals surface area contributed by atoms with Crippen molar-refractivity contribution in [3.05, 3.63) is 0 Å². The first-order valence-electron chi connectivity index (χ1n) is 9.41. The van der Waals surface area contributed by atoms with Crippen LogP contribution in [0, 0.1) is 5.92 Å². The number of hydrogen-bond donors (Lipinski definition) is 7. The van der Waals surface area contributed by atoms with E-state index in [-0.39, 0.29) is 31.4 Å². The predicted octanol–water partition coefficient (Wildman–Crippen LogP) is -2.40. The molecular formula is C17H33N7O5. The van der Waals surface area contributed by atoms with Gasteiger partial charge in [-0.1, -0.05) is 20.3 Å². The normalized spacial score (nSPS) is 14.6. The van der Waals surface area contributed by atoms with Crippen LogP contribution in [-0.4, -0.2) is 66.0 Å². The molecule has 0 radical (unpaired) electrons. The highest BCUT2D eigenvalue weighted by Gasteiger charge is 2.30. The molecule has 12 heteroatoms. The van der Waals surface area contributed by atoms with E-state index in [2.05, 4.69) is 20.9 Å². The minimum absolute atomic E-state index is 0.101. The summed E-state index contributed by atoms with van der Waals surface area (Å²) in [5.74, 6) is -3.29. The summed E-state index contributed by atoms with van der Waals surface area (Å²) in [5.41, 5.74) is 15.6. The second-order valence-electron chi connectivity index (χ2n) is 6.71. The fraction of sp³-hybridized carbons (Fsp3) is 0.706. The molecule has 0 spiro atoms. The molecule has 0 saturated carbocycles. The Balaban J connectivity index is 5.07. The molecule has 0 aliphatic heterocycles. The van der Waals surface area contributed by atoms with E-state index >= 15 is 0 Å². The van der Waals surface area contributed by atoms with Crippen molar-refractivity contribution >= 4 is 29.7 Å². The molecule has 0 rings (SSSR count). The molecule has 0 aliphatic carbocycles. The van der Waals surface area contributed by atoms with Gasteiger partial charge in [-0.25, -0.2) is 4.79 Å². The van der Waals surface area contributed by atoms with Gasteiger partial charge in [-0.2, -0.15) is 0 Å². The quantitative estimate of drug-likeness (QED) is 0.0975. The number of carbonyl (C=O) groups is 4. The highest BCUT2D eigenvalue weighted by atomic mass is 16.4. The van der Waals surface area contributed by atoms with Crippen molar-refractivity contribution in [2.75, 3.05) is 13.1 Å². The Morgan fingerprint density at radius 3 is 2.14 bits per heavy atom. The van der Waals surface area contributed by atoms with Crippen LogP contribution in [0.4, 0.5) is 0 Å². The average Bonchev–Trinajstić information content (AvgIpc) is 2.66. The number of nitrogens with two attached hydrogens (primary N) is 3. The third-order valence-electron chi connectivity index (χ3n) is 4.31. The maximum Gasteiger partial charge on any atom is 0.326 e. The summed E-state index contributed by atoms with van der Waals surface area (Å²) in [4.78, 5) is 51.6. The van der Waals surface area contributed by atoms with Gasteiger partial charge in [0, 0.05) is 6.54 Å². The Hall–Kier alpha value is -2.89. The van der Waals surface area contributed by atoms with Gasteiger partial charge in [0.15, 0.2) is 5.96 Å². The van der Waals surface area contributed by atoms with E-state index < -0.39 is 41.8 Å². The van der Waals surface area contributed by atoms with Crippen LogP contribution in [0.3, 0.4) is 0 Å². The fourth-order valence-electron chi connectivity index (χ4n) is 2.37. The van der Waals surface area contributed by atoms with Crippen molar-refractivity contribution in [3.63, 3.8) is 0 Å². The van der Waals surface area contributed by atoms with Gasteiger partial charge in [-0.15, -0.1) is 0 Å². The minimum atomic E-state index is -1.21. The first-order chi connectivity index (χ1) is 13.5. The van der Waals surface area contributed by atoms with Crippen LogP contribution in [0.25, 0.3) is 0 Å². The number of nitrogens with zero attached hydrogens (tertiary/aromatic N) is 1. The van der Waals surface area contributed by atoms with Gasteiger partial charge in [-0.05, 0) is 25.7 Å². The summed E-state index contributed by atoms with van der Waals surface area (Å²) in [6, 6.07) is -3.03. The van der Waals surface area contributed by atoms with Crippen molar-refractivity contribution in [3.8, 4) is 0 Å². The summed E-state index contributed by atoms with van der Waals surface area (Å²) in [6.45, 7) is 5.00. The van der Waals surface area contributed by atoms with Crippen LogP contribution in [0.2, 0.25) is 0 Å². The van der Waals surface area contributed by atoms with Gasteiger partial charge >= 0.3 is 5.97 Å². The molecule has 0 aliphatic rings. The SMILES string of the molecule is CCC(C)C(NC(=O)C(C)NC(=O)CN)C(=O)NC(CCCN=C(N)N)C(=O)O. The largest absolute Gasteiger partial charge is 0.480 e. The van der Waals surface area contributed by atoms with Crippen molar-refractivity contribution in [1.29, 1.82) is 0 Å². The zero-order valence-corrected chi connectivity index (χ0v) is 17.1. The Morgan fingerprint density at radius 2 is 1.66 bits per heavy atom. The molecule has 0 bridgehead atoms. The van der Waals surface area contributed by atoms with E-state index in [1.807, 2.05) is 6.92 Å². The van der Waals surface area contributed by atoms with Crippen molar-refractivity contribution in [2.24, 2.45) is 28.1 Å². The predicted molar refractivity (Wildman–Crippen MR) is 108 cm³/mol. The Kier molecular flexibility index (Phi) is 12.0. The molecule has 0 saturated heterocycles. The smallest absolute Gasteiger partial charge is 0.326 e. The lowest BCUT2D eigenvalue weighted by atomic mass is 9.97. The van der Waals surface area contributed by atoms with E-state index in [0.717, 1.165) is 0 Å². The van der Waals surface area contributed by atoms with Crippen LogP contribution in [0.1, 0.15) is 40.0 Å². The molecule has 0 heterocycles. The first-order valence-corrected chi connectivity index (χ1v) is 9.41. The number of rotatable bonds is 13. The standard InChI is InChI=1S/C17H33N7O5/c1-4-9(2)13(24-14(26)10(3)22-12(25)8-18)15(27)23-11(16(28)29)6-5-7-21-17(19)20/h9-11,13H,4-8,18H2,1-3H3,(H,22,25)(H,23,27)(H,24,26)(H,28,29)(H4,19,20,21). The van der Waals surface area contributed by atoms with Crippen LogP contribution in [-0.2, 0) is 19.2 Å². The van der Waals surface area contributed by atoms with E-state index in [4.69, 9.17) is 17.2 Å². The number of aliphatic imine (C=N–C) groups is 1. The van der Waals surface area contributed by atoms with Crippen molar-refractivity contribution < 1.29 is 24.3 Å². The molecule has 0 aromatic carbocycles.